The zero-order valence-corrected chi connectivity index (χ0v) is 17.3. The molecule has 1 aliphatic rings. The van der Waals surface area contributed by atoms with Gasteiger partial charge in [0.25, 0.3) is 5.91 Å². The number of benzene rings is 1. The standard InChI is InChI=1S/C21H24F3N3OS/c1-15(2)29-18-7-4-3-6-17(18)20(28)27-11-5-10-26(12-13-27)19-9-8-16(14-25-19)21(22,23)24/h3-4,6-9,14-15H,5,10-13H2,1-2H3. The molecule has 8 heteroatoms. The molecule has 156 valence electrons. The Labute approximate surface area is 173 Å². The molecule has 1 saturated heterocycles. The van der Waals surface area contributed by atoms with E-state index in [9.17, 15) is 18.0 Å². The number of carbonyl (C=O) groups excluding carboxylic acids is 1. The van der Waals surface area contributed by atoms with Crippen molar-refractivity contribution in [3.63, 3.8) is 0 Å². The van der Waals surface area contributed by atoms with Gasteiger partial charge in [-0.15, -0.1) is 11.8 Å². The molecule has 4 nitrogen and oxygen atoms in total. The Kier molecular flexibility index (Phi) is 6.72. The SMILES string of the molecule is CC(C)Sc1ccccc1C(=O)N1CCCN(c2ccc(C(F)(F)F)cn2)CC1. The molecule has 1 aromatic heterocycles. The van der Waals surface area contributed by atoms with Gasteiger partial charge in [-0.3, -0.25) is 4.79 Å². The van der Waals surface area contributed by atoms with Crippen LogP contribution in [0, 0.1) is 0 Å². The van der Waals surface area contributed by atoms with Crippen LogP contribution in [0.2, 0.25) is 0 Å². The van der Waals surface area contributed by atoms with E-state index in [1.54, 1.807) is 11.8 Å². The first-order valence-electron chi connectivity index (χ1n) is 9.59. The fourth-order valence-electron chi connectivity index (χ4n) is 3.26. The maximum absolute atomic E-state index is 13.1. The highest BCUT2D eigenvalue weighted by molar-refractivity contribution is 8.00. The molecule has 1 aromatic carbocycles. The lowest BCUT2D eigenvalue weighted by molar-refractivity contribution is -0.137. The summed E-state index contributed by atoms with van der Waals surface area (Å²) in [7, 11) is 0. The maximum Gasteiger partial charge on any atom is 0.417 e. The molecule has 2 heterocycles. The Morgan fingerprint density at radius 1 is 1.07 bits per heavy atom. The van der Waals surface area contributed by atoms with Crippen LogP contribution < -0.4 is 4.90 Å². The Morgan fingerprint density at radius 2 is 1.83 bits per heavy atom. The molecule has 29 heavy (non-hydrogen) atoms. The highest BCUT2D eigenvalue weighted by atomic mass is 32.2. The number of anilines is 1. The van der Waals surface area contributed by atoms with Gasteiger partial charge in [-0.25, -0.2) is 4.98 Å². The van der Waals surface area contributed by atoms with Crippen LogP contribution in [0.15, 0.2) is 47.5 Å². The van der Waals surface area contributed by atoms with Crippen molar-refractivity contribution >= 4 is 23.5 Å². The minimum absolute atomic E-state index is 0.00372. The molecule has 0 atom stereocenters. The highest BCUT2D eigenvalue weighted by Crippen LogP contribution is 2.30. The summed E-state index contributed by atoms with van der Waals surface area (Å²) in [6.45, 7) is 6.46. The third-order valence-electron chi connectivity index (χ3n) is 4.66. The highest BCUT2D eigenvalue weighted by Gasteiger charge is 2.31. The molecular weight excluding hydrogens is 399 g/mol. The van der Waals surface area contributed by atoms with Gasteiger partial charge in [-0.05, 0) is 30.7 Å². The van der Waals surface area contributed by atoms with Crippen molar-refractivity contribution < 1.29 is 18.0 Å². The summed E-state index contributed by atoms with van der Waals surface area (Å²) < 4.78 is 38.2. The average Bonchev–Trinajstić information content (AvgIpc) is 2.93. The van der Waals surface area contributed by atoms with E-state index in [0.717, 1.165) is 23.6 Å². The normalized spacial score (nSPS) is 15.5. The number of rotatable bonds is 4. The van der Waals surface area contributed by atoms with E-state index in [-0.39, 0.29) is 5.91 Å². The number of halogens is 3. The van der Waals surface area contributed by atoms with Gasteiger partial charge in [-0.2, -0.15) is 13.2 Å². The molecule has 0 bridgehead atoms. The molecule has 0 aliphatic carbocycles. The van der Waals surface area contributed by atoms with E-state index >= 15 is 0 Å². The monoisotopic (exact) mass is 423 g/mol. The fraction of sp³-hybridized carbons (Fsp3) is 0.429. The molecule has 0 saturated carbocycles. The van der Waals surface area contributed by atoms with Crippen LogP contribution >= 0.6 is 11.8 Å². The molecule has 1 aliphatic heterocycles. The van der Waals surface area contributed by atoms with Gasteiger partial charge in [-0.1, -0.05) is 26.0 Å². The van der Waals surface area contributed by atoms with Gasteiger partial charge >= 0.3 is 6.18 Å². The predicted molar refractivity (Wildman–Crippen MR) is 109 cm³/mol. The summed E-state index contributed by atoms with van der Waals surface area (Å²) in [4.78, 5) is 21.8. The van der Waals surface area contributed by atoms with Crippen molar-refractivity contribution in [2.75, 3.05) is 31.1 Å². The van der Waals surface area contributed by atoms with E-state index < -0.39 is 11.7 Å². The number of nitrogens with zero attached hydrogens (tertiary/aromatic N) is 3. The van der Waals surface area contributed by atoms with Gasteiger partial charge in [0.05, 0.1) is 11.1 Å². The predicted octanol–water partition coefficient (Wildman–Crippen LogP) is 4.95. The van der Waals surface area contributed by atoms with Crippen molar-refractivity contribution in [2.45, 2.75) is 36.6 Å². The minimum Gasteiger partial charge on any atom is -0.355 e. The molecule has 1 fully saturated rings. The van der Waals surface area contributed by atoms with Gasteiger partial charge < -0.3 is 9.80 Å². The Bertz CT molecular complexity index is 840. The lowest BCUT2D eigenvalue weighted by Gasteiger charge is -2.24. The van der Waals surface area contributed by atoms with Gasteiger partial charge in [0.1, 0.15) is 5.82 Å². The quantitative estimate of drug-likeness (QED) is 0.652. The zero-order valence-electron chi connectivity index (χ0n) is 16.4. The van der Waals surface area contributed by atoms with E-state index in [4.69, 9.17) is 0 Å². The third kappa shape index (κ3) is 5.44. The van der Waals surface area contributed by atoms with Crippen LogP contribution in [0.1, 0.15) is 36.2 Å². The van der Waals surface area contributed by atoms with Crippen LogP contribution in [0.4, 0.5) is 19.0 Å². The van der Waals surface area contributed by atoms with Crippen LogP contribution in [0.3, 0.4) is 0 Å². The maximum atomic E-state index is 13.1. The smallest absolute Gasteiger partial charge is 0.355 e. The van der Waals surface area contributed by atoms with E-state index in [2.05, 4.69) is 18.8 Å². The summed E-state index contributed by atoms with van der Waals surface area (Å²) in [5.41, 5.74) is -0.0561. The van der Waals surface area contributed by atoms with Crippen LogP contribution in [-0.4, -0.2) is 47.2 Å². The molecule has 0 N–H and O–H groups in total. The summed E-state index contributed by atoms with van der Waals surface area (Å²) in [6, 6.07) is 10.1. The number of pyridine rings is 1. The zero-order chi connectivity index (χ0) is 21.0. The van der Waals surface area contributed by atoms with E-state index in [1.807, 2.05) is 34.1 Å². The second kappa shape index (κ2) is 9.07. The average molecular weight is 424 g/mol. The fourth-order valence-corrected chi connectivity index (χ4v) is 4.21. The van der Waals surface area contributed by atoms with Crippen LogP contribution in [0.5, 0.6) is 0 Å². The Hall–Kier alpha value is -2.22. The Balaban J connectivity index is 1.69. The molecule has 0 radical (unpaired) electrons. The molecule has 0 unspecified atom stereocenters. The number of carbonyl (C=O) groups is 1. The van der Waals surface area contributed by atoms with E-state index in [1.165, 1.54) is 6.07 Å². The Morgan fingerprint density at radius 3 is 2.48 bits per heavy atom. The van der Waals surface area contributed by atoms with Crippen molar-refractivity contribution in [2.24, 2.45) is 0 Å². The van der Waals surface area contributed by atoms with Gasteiger partial charge in [0, 0.05) is 42.5 Å². The molecule has 0 spiro atoms. The summed E-state index contributed by atoms with van der Waals surface area (Å²) in [5.74, 6) is 0.499. The third-order valence-corrected chi connectivity index (χ3v) is 5.74. The lowest BCUT2D eigenvalue weighted by atomic mass is 10.2. The lowest BCUT2D eigenvalue weighted by Crippen LogP contribution is -2.35. The number of thioether (sulfide) groups is 1. The van der Waals surface area contributed by atoms with Crippen LogP contribution in [0.25, 0.3) is 0 Å². The topological polar surface area (TPSA) is 36.4 Å². The number of aromatic nitrogens is 1. The van der Waals surface area contributed by atoms with Crippen molar-refractivity contribution in [1.82, 2.24) is 9.88 Å². The van der Waals surface area contributed by atoms with Crippen molar-refractivity contribution in [3.8, 4) is 0 Å². The van der Waals surface area contributed by atoms with Crippen LogP contribution in [-0.2, 0) is 6.18 Å². The minimum atomic E-state index is -4.39. The number of hydrogen-bond donors (Lipinski definition) is 0. The molecule has 3 rings (SSSR count). The van der Waals surface area contributed by atoms with Crippen molar-refractivity contribution in [1.29, 1.82) is 0 Å². The molecule has 2 aromatic rings. The summed E-state index contributed by atoms with van der Waals surface area (Å²) in [6.07, 6.45) is -2.80. The number of amides is 1. The van der Waals surface area contributed by atoms with Gasteiger partial charge in [0.2, 0.25) is 0 Å². The number of hydrogen-bond acceptors (Lipinski definition) is 4. The van der Waals surface area contributed by atoms with Gasteiger partial charge in [0.15, 0.2) is 0 Å². The second-order valence-electron chi connectivity index (χ2n) is 7.20. The second-order valence-corrected chi connectivity index (χ2v) is 8.82. The first kappa shape index (κ1) is 21.5. The largest absolute Gasteiger partial charge is 0.417 e. The molecule has 1 amide bonds. The summed E-state index contributed by atoms with van der Waals surface area (Å²) in [5, 5.41) is 0.370. The molecular formula is C21H24F3N3OS. The first-order chi connectivity index (χ1) is 13.8. The first-order valence-corrected chi connectivity index (χ1v) is 10.5. The number of alkyl halides is 3. The summed E-state index contributed by atoms with van der Waals surface area (Å²) >= 11 is 1.66. The van der Waals surface area contributed by atoms with Crippen molar-refractivity contribution in [3.05, 3.63) is 53.7 Å². The van der Waals surface area contributed by atoms with E-state index in [0.29, 0.717) is 42.8 Å².